The van der Waals surface area contributed by atoms with E-state index in [1.54, 1.807) is 42.1 Å². The summed E-state index contributed by atoms with van der Waals surface area (Å²) in [4.78, 5) is 28.8. The van der Waals surface area contributed by atoms with Crippen LogP contribution in [-0.2, 0) is 9.59 Å². The van der Waals surface area contributed by atoms with Crippen molar-refractivity contribution < 1.29 is 9.59 Å². The number of halogens is 2. The molecule has 8 heteroatoms. The number of para-hydroxylation sites is 1. The number of nitrogens with one attached hydrogen (secondary N) is 1. The number of thiocarbonyl (C=S) groups is 1. The molecule has 0 unspecified atom stereocenters. The molecule has 31 heavy (non-hydrogen) atoms. The minimum atomic E-state index is -0.544. The summed E-state index contributed by atoms with van der Waals surface area (Å²) >= 11 is 18.9. The maximum absolute atomic E-state index is 13.1. The van der Waals surface area contributed by atoms with Crippen LogP contribution in [0.5, 0.6) is 0 Å². The van der Waals surface area contributed by atoms with Crippen molar-refractivity contribution in [3.63, 3.8) is 0 Å². The van der Waals surface area contributed by atoms with Crippen LogP contribution in [0.2, 0.25) is 10.0 Å². The van der Waals surface area contributed by atoms with Gasteiger partial charge in [0.2, 0.25) is 0 Å². The largest absolute Gasteiger partial charge is 0.298 e. The van der Waals surface area contributed by atoms with Crippen LogP contribution >= 0.6 is 47.2 Å². The molecule has 1 saturated heterocycles. The normalized spacial score (nSPS) is 15.4. The number of hydrogen-bond acceptors (Lipinski definition) is 4. The van der Waals surface area contributed by atoms with E-state index < -0.39 is 11.8 Å². The lowest BCUT2D eigenvalue weighted by molar-refractivity contribution is -0.122. The van der Waals surface area contributed by atoms with Gasteiger partial charge in [0.25, 0.3) is 11.8 Å². The number of benzene rings is 3. The summed E-state index contributed by atoms with van der Waals surface area (Å²) in [7, 11) is 0. The van der Waals surface area contributed by atoms with Gasteiger partial charge in [-0.3, -0.25) is 19.8 Å². The Morgan fingerprint density at radius 3 is 2.13 bits per heavy atom. The molecule has 0 aliphatic carbocycles. The molecule has 0 saturated carbocycles. The first-order chi connectivity index (χ1) is 14.9. The summed E-state index contributed by atoms with van der Waals surface area (Å²) in [5.41, 5.74) is 1.11. The van der Waals surface area contributed by atoms with Crippen molar-refractivity contribution in [2.24, 2.45) is 0 Å². The summed E-state index contributed by atoms with van der Waals surface area (Å²) in [6, 6.07) is 21.9. The van der Waals surface area contributed by atoms with Gasteiger partial charge >= 0.3 is 0 Å². The highest BCUT2D eigenvalue weighted by Crippen LogP contribution is 2.30. The topological polar surface area (TPSA) is 49.4 Å². The predicted molar refractivity (Wildman–Crippen MR) is 130 cm³/mol. The molecule has 0 radical (unpaired) electrons. The van der Waals surface area contributed by atoms with Crippen LogP contribution in [0.15, 0.2) is 88.2 Å². The summed E-state index contributed by atoms with van der Waals surface area (Å²) in [6.07, 6.45) is 1.54. The maximum Gasteiger partial charge on any atom is 0.270 e. The quantitative estimate of drug-likeness (QED) is 0.281. The van der Waals surface area contributed by atoms with Crippen LogP contribution in [-0.4, -0.2) is 16.9 Å². The lowest BCUT2D eigenvalue weighted by atomic mass is 10.1. The Labute approximate surface area is 198 Å². The number of carbonyl (C=O) groups is 2. The highest BCUT2D eigenvalue weighted by Gasteiger charge is 2.35. The van der Waals surface area contributed by atoms with E-state index >= 15 is 0 Å². The van der Waals surface area contributed by atoms with Crippen LogP contribution in [0.1, 0.15) is 5.56 Å². The zero-order valence-corrected chi connectivity index (χ0v) is 19.0. The zero-order chi connectivity index (χ0) is 22.0. The second-order valence-corrected chi connectivity index (χ2v) is 8.91. The van der Waals surface area contributed by atoms with Crippen LogP contribution in [0.4, 0.5) is 5.69 Å². The van der Waals surface area contributed by atoms with Crippen LogP contribution in [0.3, 0.4) is 0 Å². The fraction of sp³-hybridized carbons (Fsp3) is 0. The highest BCUT2D eigenvalue weighted by molar-refractivity contribution is 7.99. The summed E-state index contributed by atoms with van der Waals surface area (Å²) in [5.74, 6) is -1.07. The fourth-order valence-electron chi connectivity index (χ4n) is 2.95. The average molecular weight is 485 g/mol. The van der Waals surface area contributed by atoms with E-state index in [9.17, 15) is 9.59 Å². The second kappa shape index (κ2) is 9.24. The van der Waals surface area contributed by atoms with Crippen LogP contribution in [0.25, 0.3) is 6.08 Å². The summed E-state index contributed by atoms with van der Waals surface area (Å²) in [5, 5.41) is 3.60. The Bertz CT molecular complexity index is 1210. The van der Waals surface area contributed by atoms with Gasteiger partial charge in [0.05, 0.1) is 10.7 Å². The van der Waals surface area contributed by atoms with E-state index in [2.05, 4.69) is 5.32 Å². The molecule has 154 valence electrons. The van der Waals surface area contributed by atoms with Crippen molar-refractivity contribution in [2.75, 3.05) is 4.90 Å². The minimum absolute atomic E-state index is 0.00466. The molecule has 0 spiro atoms. The molecular formula is C23H14Cl2N2O2S2. The summed E-state index contributed by atoms with van der Waals surface area (Å²) in [6.45, 7) is 0. The monoisotopic (exact) mass is 484 g/mol. The standard InChI is InChI=1S/C23H14Cl2N2O2S2/c24-15-7-11-17(12-8-15)31-16-9-5-14(6-10-16)13-18-21(28)26-23(30)27(22(18)29)20-4-2-1-3-19(20)25/h1-13H,(H,26,28,30)/b18-13+. The molecule has 3 aromatic rings. The van der Waals surface area contributed by atoms with Gasteiger partial charge in [-0.2, -0.15) is 0 Å². The van der Waals surface area contributed by atoms with Gasteiger partial charge in [0.15, 0.2) is 5.11 Å². The Balaban J connectivity index is 1.58. The Kier molecular flexibility index (Phi) is 6.43. The summed E-state index contributed by atoms with van der Waals surface area (Å²) < 4.78 is 0. The molecule has 1 aliphatic rings. The van der Waals surface area contributed by atoms with Gasteiger partial charge in [-0.25, -0.2) is 0 Å². The van der Waals surface area contributed by atoms with E-state index in [1.807, 2.05) is 48.5 Å². The zero-order valence-electron chi connectivity index (χ0n) is 15.8. The van der Waals surface area contributed by atoms with Crippen molar-refractivity contribution in [1.82, 2.24) is 5.32 Å². The third-order valence-electron chi connectivity index (χ3n) is 4.44. The fourth-order valence-corrected chi connectivity index (χ4v) is 4.38. The van der Waals surface area contributed by atoms with E-state index in [0.29, 0.717) is 21.3 Å². The first kappa shape index (κ1) is 21.6. The Morgan fingerprint density at radius 2 is 1.48 bits per heavy atom. The lowest BCUT2D eigenvalue weighted by Crippen LogP contribution is -2.54. The smallest absolute Gasteiger partial charge is 0.270 e. The van der Waals surface area contributed by atoms with E-state index in [4.69, 9.17) is 35.4 Å². The SMILES string of the molecule is O=C1NC(=S)N(c2ccccc2Cl)C(=O)/C1=C/c1ccc(Sc2ccc(Cl)cc2)cc1. The van der Waals surface area contributed by atoms with E-state index in [1.165, 1.54) is 4.90 Å². The van der Waals surface area contributed by atoms with Crippen molar-refractivity contribution in [1.29, 1.82) is 0 Å². The highest BCUT2D eigenvalue weighted by atomic mass is 35.5. The molecule has 4 nitrogen and oxygen atoms in total. The first-order valence-corrected chi connectivity index (χ1v) is 11.1. The molecule has 1 fully saturated rings. The Hall–Kier alpha value is -2.64. The van der Waals surface area contributed by atoms with Crippen LogP contribution < -0.4 is 10.2 Å². The van der Waals surface area contributed by atoms with E-state index in [-0.39, 0.29) is 10.7 Å². The molecule has 4 rings (SSSR count). The molecule has 1 heterocycles. The van der Waals surface area contributed by atoms with Gasteiger partial charge in [-0.15, -0.1) is 0 Å². The van der Waals surface area contributed by atoms with E-state index in [0.717, 1.165) is 9.79 Å². The number of anilines is 1. The number of amides is 2. The van der Waals surface area contributed by atoms with Crippen molar-refractivity contribution in [3.05, 3.63) is 94.0 Å². The van der Waals surface area contributed by atoms with Crippen molar-refractivity contribution in [2.45, 2.75) is 9.79 Å². The molecule has 1 aliphatic heterocycles. The minimum Gasteiger partial charge on any atom is -0.298 e. The van der Waals surface area contributed by atoms with Gasteiger partial charge in [0, 0.05) is 14.8 Å². The van der Waals surface area contributed by atoms with Crippen LogP contribution in [0, 0.1) is 0 Å². The first-order valence-electron chi connectivity index (χ1n) is 9.12. The third kappa shape index (κ3) is 4.83. The molecule has 0 aromatic heterocycles. The van der Waals surface area contributed by atoms with Gasteiger partial charge < -0.3 is 0 Å². The number of nitrogens with zero attached hydrogens (tertiary/aromatic N) is 1. The lowest BCUT2D eigenvalue weighted by Gasteiger charge is -2.29. The van der Waals surface area contributed by atoms with Gasteiger partial charge in [0.1, 0.15) is 5.57 Å². The third-order valence-corrected chi connectivity index (χ3v) is 6.31. The second-order valence-electron chi connectivity index (χ2n) is 6.53. The average Bonchev–Trinajstić information content (AvgIpc) is 2.75. The molecule has 2 amide bonds. The molecule has 0 atom stereocenters. The number of hydrogen-bond donors (Lipinski definition) is 1. The Morgan fingerprint density at radius 1 is 0.871 bits per heavy atom. The predicted octanol–water partition coefficient (Wildman–Crippen LogP) is 5.98. The molecule has 3 aromatic carbocycles. The number of rotatable bonds is 4. The number of carbonyl (C=O) groups excluding carboxylic acids is 2. The molecular weight excluding hydrogens is 471 g/mol. The maximum atomic E-state index is 13.1. The van der Waals surface area contributed by atoms with Gasteiger partial charge in [-0.1, -0.05) is 59.2 Å². The van der Waals surface area contributed by atoms with Crippen molar-refractivity contribution >= 4 is 75.9 Å². The van der Waals surface area contributed by atoms with Gasteiger partial charge in [-0.05, 0) is 72.4 Å². The molecule has 0 bridgehead atoms. The molecule has 1 N–H and O–H groups in total. The van der Waals surface area contributed by atoms with Crippen molar-refractivity contribution in [3.8, 4) is 0 Å².